The number of guanidine groups is 1. The summed E-state index contributed by atoms with van der Waals surface area (Å²) < 4.78 is 5.37. The van der Waals surface area contributed by atoms with Gasteiger partial charge in [0.25, 0.3) is 0 Å². The van der Waals surface area contributed by atoms with Crippen molar-refractivity contribution in [3.63, 3.8) is 0 Å². The van der Waals surface area contributed by atoms with Gasteiger partial charge in [-0.1, -0.05) is 31.8 Å². The van der Waals surface area contributed by atoms with Crippen LogP contribution in [0.1, 0.15) is 63.8 Å². The standard InChI is InChI=1S/C22H38N6O2/c1-4-23-22(25-16-19-15-20(17(2)3)26-30-19)24-9-10-27-11-13-28(14-12-27)21(29)18-7-5-6-8-18/h15,17-18H,4-14,16H2,1-3H3,(H2,23,24,25). The summed E-state index contributed by atoms with van der Waals surface area (Å²) >= 11 is 0. The summed E-state index contributed by atoms with van der Waals surface area (Å²) in [6.07, 6.45) is 4.60. The van der Waals surface area contributed by atoms with Gasteiger partial charge < -0.3 is 20.1 Å². The third-order valence-electron chi connectivity index (χ3n) is 6.01. The molecule has 2 aliphatic rings. The number of hydrogen-bond donors (Lipinski definition) is 2. The fourth-order valence-corrected chi connectivity index (χ4v) is 4.13. The summed E-state index contributed by atoms with van der Waals surface area (Å²) in [4.78, 5) is 21.7. The van der Waals surface area contributed by atoms with Crippen molar-refractivity contribution in [2.24, 2.45) is 10.9 Å². The Hall–Kier alpha value is -2.09. The quantitative estimate of drug-likeness (QED) is 0.497. The maximum absolute atomic E-state index is 12.6. The van der Waals surface area contributed by atoms with Gasteiger partial charge in [0.1, 0.15) is 6.54 Å². The molecule has 0 atom stereocenters. The third kappa shape index (κ3) is 6.45. The highest BCUT2D eigenvalue weighted by atomic mass is 16.5. The van der Waals surface area contributed by atoms with E-state index in [0.717, 1.165) is 76.1 Å². The molecular weight excluding hydrogens is 380 g/mol. The third-order valence-corrected chi connectivity index (χ3v) is 6.01. The van der Waals surface area contributed by atoms with Gasteiger partial charge in [0.15, 0.2) is 11.7 Å². The van der Waals surface area contributed by atoms with Crippen LogP contribution in [0.2, 0.25) is 0 Å². The highest BCUT2D eigenvalue weighted by Crippen LogP contribution is 2.26. The van der Waals surface area contributed by atoms with E-state index in [2.05, 4.69) is 51.4 Å². The molecule has 1 aliphatic carbocycles. The van der Waals surface area contributed by atoms with Crippen LogP contribution in [0.15, 0.2) is 15.6 Å². The van der Waals surface area contributed by atoms with Crippen LogP contribution in [0, 0.1) is 5.92 Å². The van der Waals surface area contributed by atoms with Crippen molar-refractivity contribution in [3.8, 4) is 0 Å². The first kappa shape index (κ1) is 22.6. The summed E-state index contributed by atoms with van der Waals surface area (Å²) in [6, 6.07) is 1.98. The number of hydrogen-bond acceptors (Lipinski definition) is 5. The predicted molar refractivity (Wildman–Crippen MR) is 118 cm³/mol. The number of rotatable bonds is 8. The Labute approximate surface area is 180 Å². The topological polar surface area (TPSA) is 86.0 Å². The Bertz CT molecular complexity index is 688. The fraction of sp³-hybridized carbons (Fsp3) is 0.773. The lowest BCUT2D eigenvalue weighted by Crippen LogP contribution is -2.51. The van der Waals surface area contributed by atoms with Crippen molar-refractivity contribution in [3.05, 3.63) is 17.5 Å². The molecule has 0 unspecified atom stereocenters. The van der Waals surface area contributed by atoms with E-state index in [0.29, 0.717) is 18.4 Å². The molecule has 1 aromatic rings. The molecular formula is C22H38N6O2. The number of piperazine rings is 1. The highest BCUT2D eigenvalue weighted by Gasteiger charge is 2.29. The first-order valence-corrected chi connectivity index (χ1v) is 11.6. The zero-order chi connectivity index (χ0) is 21.3. The molecule has 8 heteroatoms. The molecule has 2 heterocycles. The molecule has 1 aromatic heterocycles. The van der Waals surface area contributed by atoms with Crippen LogP contribution in [0.25, 0.3) is 0 Å². The van der Waals surface area contributed by atoms with Gasteiger partial charge in [0.2, 0.25) is 5.91 Å². The molecule has 30 heavy (non-hydrogen) atoms. The molecule has 8 nitrogen and oxygen atoms in total. The van der Waals surface area contributed by atoms with E-state index >= 15 is 0 Å². The zero-order valence-corrected chi connectivity index (χ0v) is 18.8. The van der Waals surface area contributed by atoms with Crippen LogP contribution in [0.5, 0.6) is 0 Å². The number of nitrogens with one attached hydrogen (secondary N) is 2. The molecule has 1 saturated heterocycles. The Kier molecular flexibility index (Phi) is 8.54. The van der Waals surface area contributed by atoms with Gasteiger partial charge in [-0.2, -0.15) is 0 Å². The highest BCUT2D eigenvalue weighted by molar-refractivity contribution is 5.80. The van der Waals surface area contributed by atoms with Crippen LogP contribution in [-0.2, 0) is 11.3 Å². The number of aromatic nitrogens is 1. The number of nitrogens with zero attached hydrogens (tertiary/aromatic N) is 4. The fourth-order valence-electron chi connectivity index (χ4n) is 4.13. The minimum Gasteiger partial charge on any atom is -0.359 e. The van der Waals surface area contributed by atoms with E-state index in [9.17, 15) is 4.79 Å². The minimum atomic E-state index is 0.290. The van der Waals surface area contributed by atoms with Crippen LogP contribution in [0.3, 0.4) is 0 Å². The maximum Gasteiger partial charge on any atom is 0.225 e. The van der Waals surface area contributed by atoms with Crippen LogP contribution < -0.4 is 10.6 Å². The van der Waals surface area contributed by atoms with Gasteiger partial charge in [-0.05, 0) is 25.7 Å². The lowest BCUT2D eigenvalue weighted by Gasteiger charge is -2.36. The summed E-state index contributed by atoms with van der Waals surface area (Å²) in [7, 11) is 0. The molecule has 3 rings (SSSR count). The van der Waals surface area contributed by atoms with Crippen molar-refractivity contribution in [2.45, 2.75) is 58.9 Å². The maximum atomic E-state index is 12.6. The zero-order valence-electron chi connectivity index (χ0n) is 18.8. The second-order valence-electron chi connectivity index (χ2n) is 8.64. The first-order chi connectivity index (χ1) is 14.6. The average Bonchev–Trinajstić information content (AvgIpc) is 3.44. The van der Waals surface area contributed by atoms with Gasteiger partial charge in [0.05, 0.1) is 5.69 Å². The van der Waals surface area contributed by atoms with Crippen LogP contribution in [0.4, 0.5) is 0 Å². The number of amides is 1. The largest absolute Gasteiger partial charge is 0.359 e. The number of carbonyl (C=O) groups is 1. The second-order valence-corrected chi connectivity index (χ2v) is 8.64. The number of aliphatic imine (C=N–C) groups is 1. The summed E-state index contributed by atoms with van der Waals surface area (Å²) in [5.41, 5.74) is 0.962. The normalized spacial score (nSPS) is 18.9. The number of carbonyl (C=O) groups excluding carboxylic acids is 1. The van der Waals surface area contributed by atoms with Crippen LogP contribution in [-0.4, -0.2) is 72.6 Å². The van der Waals surface area contributed by atoms with Crippen molar-refractivity contribution in [1.82, 2.24) is 25.6 Å². The molecule has 0 spiro atoms. The van der Waals surface area contributed by atoms with Crippen LogP contribution >= 0.6 is 0 Å². The van der Waals surface area contributed by atoms with Crippen molar-refractivity contribution in [1.29, 1.82) is 0 Å². The lowest BCUT2D eigenvalue weighted by atomic mass is 10.1. The molecule has 2 fully saturated rings. The van der Waals surface area contributed by atoms with Crippen molar-refractivity contribution < 1.29 is 9.32 Å². The molecule has 0 aromatic carbocycles. The first-order valence-electron chi connectivity index (χ1n) is 11.6. The van der Waals surface area contributed by atoms with Gasteiger partial charge in [-0.15, -0.1) is 0 Å². The lowest BCUT2D eigenvalue weighted by molar-refractivity contribution is -0.137. The molecule has 2 N–H and O–H groups in total. The van der Waals surface area contributed by atoms with E-state index in [1.165, 1.54) is 12.8 Å². The summed E-state index contributed by atoms with van der Waals surface area (Å²) in [5, 5.41) is 10.8. The van der Waals surface area contributed by atoms with E-state index in [1.807, 2.05) is 6.07 Å². The molecule has 1 aliphatic heterocycles. The van der Waals surface area contributed by atoms with Gasteiger partial charge in [0, 0.05) is 57.8 Å². The second kappa shape index (κ2) is 11.3. The summed E-state index contributed by atoms with van der Waals surface area (Å²) in [5.74, 6) is 2.60. The summed E-state index contributed by atoms with van der Waals surface area (Å²) in [6.45, 7) is 12.9. The Morgan fingerprint density at radius 3 is 2.60 bits per heavy atom. The van der Waals surface area contributed by atoms with Gasteiger partial charge in [-0.3, -0.25) is 9.69 Å². The van der Waals surface area contributed by atoms with E-state index in [1.54, 1.807) is 0 Å². The van der Waals surface area contributed by atoms with E-state index in [4.69, 9.17) is 4.52 Å². The van der Waals surface area contributed by atoms with E-state index < -0.39 is 0 Å². The van der Waals surface area contributed by atoms with Gasteiger partial charge in [-0.25, -0.2) is 4.99 Å². The molecule has 0 bridgehead atoms. The molecule has 168 valence electrons. The molecule has 1 amide bonds. The Balaban J connectivity index is 1.38. The Morgan fingerprint density at radius 2 is 1.97 bits per heavy atom. The molecule has 1 saturated carbocycles. The van der Waals surface area contributed by atoms with E-state index in [-0.39, 0.29) is 5.92 Å². The predicted octanol–water partition coefficient (Wildman–Crippen LogP) is 2.19. The smallest absolute Gasteiger partial charge is 0.225 e. The SMILES string of the molecule is CCNC(=NCc1cc(C(C)C)no1)NCCN1CCN(C(=O)C2CCCC2)CC1. The van der Waals surface area contributed by atoms with Crippen molar-refractivity contribution in [2.75, 3.05) is 45.8 Å². The van der Waals surface area contributed by atoms with Crippen molar-refractivity contribution >= 4 is 11.9 Å². The average molecular weight is 419 g/mol. The minimum absolute atomic E-state index is 0.290. The monoisotopic (exact) mass is 418 g/mol. The van der Waals surface area contributed by atoms with Gasteiger partial charge >= 0.3 is 0 Å². The molecule has 0 radical (unpaired) electrons. The Morgan fingerprint density at radius 1 is 1.23 bits per heavy atom.